The molecular weight excluding hydrogens is 753 g/mol. The van der Waals surface area contributed by atoms with Crippen molar-refractivity contribution in [1.29, 1.82) is 0 Å². The first kappa shape index (κ1) is 34.3. The summed E-state index contributed by atoms with van der Waals surface area (Å²) in [5, 5.41) is 18.1. The molecule has 13 aromatic rings. The molecule has 0 N–H and O–H groups in total. The molecule has 0 spiro atoms. The van der Waals surface area contributed by atoms with Crippen LogP contribution >= 0.6 is 11.3 Å². The van der Waals surface area contributed by atoms with Gasteiger partial charge < -0.3 is 0 Å². The van der Waals surface area contributed by atoms with E-state index in [9.17, 15) is 0 Å². The average molecular weight is 789 g/mol. The van der Waals surface area contributed by atoms with Crippen LogP contribution in [-0.2, 0) is 0 Å². The highest BCUT2D eigenvalue weighted by atomic mass is 32.1. The Hall–Kier alpha value is -7.58. The Balaban J connectivity index is 0.942. The van der Waals surface area contributed by atoms with Crippen molar-refractivity contribution in [2.75, 3.05) is 0 Å². The maximum absolute atomic E-state index is 2.43. The predicted molar refractivity (Wildman–Crippen MR) is 266 cm³/mol. The van der Waals surface area contributed by atoms with Crippen LogP contribution in [0.25, 0.3) is 129 Å². The van der Waals surface area contributed by atoms with Gasteiger partial charge in [-0.2, -0.15) is 0 Å². The van der Waals surface area contributed by atoms with E-state index in [2.05, 4.69) is 218 Å². The highest BCUT2D eigenvalue weighted by molar-refractivity contribution is 7.26. The number of hydrogen-bond acceptors (Lipinski definition) is 1. The zero-order valence-corrected chi connectivity index (χ0v) is 34.0. The highest BCUT2D eigenvalue weighted by Gasteiger charge is 2.19. The number of thiophene rings is 1. The molecule has 0 fully saturated rings. The largest absolute Gasteiger partial charge is 0.135 e. The van der Waals surface area contributed by atoms with Gasteiger partial charge in [0.1, 0.15) is 0 Å². The molecule has 0 aliphatic rings. The summed E-state index contributed by atoms with van der Waals surface area (Å²) >= 11 is 1.91. The summed E-state index contributed by atoms with van der Waals surface area (Å²) in [5.41, 5.74) is 9.94. The lowest BCUT2D eigenvalue weighted by Crippen LogP contribution is -1.91. The Morgan fingerprint density at radius 3 is 1.26 bits per heavy atom. The molecule has 0 atom stereocenters. The topological polar surface area (TPSA) is 0 Å². The molecule has 13 rings (SSSR count). The third kappa shape index (κ3) is 5.24. The summed E-state index contributed by atoms with van der Waals surface area (Å²) in [7, 11) is 0. The SMILES string of the molecule is c1ccc(-c2ccc3c4ccccc4c4ccccc4c3c2)c(-c2ccc(-c3c4ccccc4c(-c4ccc5c(c4)sc4c6ccccc6ccc54)c4ccccc34)cc2)c1. The van der Waals surface area contributed by atoms with E-state index in [0.717, 1.165) is 0 Å². The van der Waals surface area contributed by atoms with Gasteiger partial charge in [0.15, 0.2) is 0 Å². The molecular formula is C60H36S. The summed E-state index contributed by atoms with van der Waals surface area (Å²) in [4.78, 5) is 0. The lowest BCUT2D eigenvalue weighted by molar-refractivity contribution is 1.59. The van der Waals surface area contributed by atoms with Gasteiger partial charge in [-0.3, -0.25) is 0 Å². The molecule has 0 aliphatic heterocycles. The lowest BCUT2D eigenvalue weighted by Gasteiger charge is -2.18. The van der Waals surface area contributed by atoms with Crippen molar-refractivity contribution in [2.45, 2.75) is 0 Å². The predicted octanol–water partition coefficient (Wildman–Crippen LogP) is 17.6. The van der Waals surface area contributed by atoms with Gasteiger partial charge in [0.25, 0.3) is 0 Å². The molecule has 0 bridgehead atoms. The fourth-order valence-corrected chi connectivity index (χ4v) is 11.6. The van der Waals surface area contributed by atoms with Crippen LogP contribution in [0.4, 0.5) is 0 Å². The Bertz CT molecular complexity index is 3830. The molecule has 0 saturated carbocycles. The second-order valence-electron chi connectivity index (χ2n) is 16.3. The summed E-state index contributed by atoms with van der Waals surface area (Å²) in [6.45, 7) is 0. The third-order valence-corrected chi connectivity index (χ3v) is 14.3. The van der Waals surface area contributed by atoms with E-state index < -0.39 is 0 Å². The van der Waals surface area contributed by atoms with Gasteiger partial charge in [-0.1, -0.05) is 206 Å². The van der Waals surface area contributed by atoms with Gasteiger partial charge in [0.05, 0.1) is 0 Å². The van der Waals surface area contributed by atoms with Gasteiger partial charge in [-0.15, -0.1) is 11.3 Å². The second-order valence-corrected chi connectivity index (χ2v) is 17.3. The molecule has 12 aromatic carbocycles. The van der Waals surface area contributed by atoms with Gasteiger partial charge in [0.2, 0.25) is 0 Å². The monoisotopic (exact) mass is 788 g/mol. The van der Waals surface area contributed by atoms with E-state index in [1.807, 2.05) is 11.3 Å². The number of benzene rings is 12. The molecule has 0 nitrogen and oxygen atoms in total. The Morgan fingerprint density at radius 2 is 0.639 bits per heavy atom. The van der Waals surface area contributed by atoms with Crippen molar-refractivity contribution in [2.24, 2.45) is 0 Å². The van der Waals surface area contributed by atoms with E-state index in [-0.39, 0.29) is 0 Å². The normalized spacial score (nSPS) is 11.9. The van der Waals surface area contributed by atoms with Crippen molar-refractivity contribution in [3.8, 4) is 44.5 Å². The van der Waals surface area contributed by atoms with Crippen LogP contribution in [0.5, 0.6) is 0 Å². The Morgan fingerprint density at radius 1 is 0.230 bits per heavy atom. The van der Waals surface area contributed by atoms with E-state index in [0.29, 0.717) is 0 Å². The van der Waals surface area contributed by atoms with Gasteiger partial charge in [-0.25, -0.2) is 0 Å². The van der Waals surface area contributed by atoms with Gasteiger partial charge in [-0.05, 0) is 121 Å². The van der Waals surface area contributed by atoms with Crippen molar-refractivity contribution in [1.82, 2.24) is 0 Å². The summed E-state index contributed by atoms with van der Waals surface area (Å²) in [6, 6.07) is 81.2. The van der Waals surface area contributed by atoms with Gasteiger partial charge in [0, 0.05) is 20.2 Å². The number of rotatable bonds is 4. The lowest BCUT2D eigenvalue weighted by atomic mass is 9.85. The third-order valence-electron chi connectivity index (χ3n) is 13.1. The maximum Gasteiger partial charge on any atom is 0.0433 e. The first-order valence-corrected chi connectivity index (χ1v) is 21.9. The average Bonchev–Trinajstić information content (AvgIpc) is 3.72. The van der Waals surface area contributed by atoms with E-state index in [1.54, 1.807) is 0 Å². The first-order valence-electron chi connectivity index (χ1n) is 21.1. The van der Waals surface area contributed by atoms with Crippen LogP contribution in [0, 0.1) is 0 Å². The quantitative estimate of drug-likeness (QED) is 0.123. The Kier molecular flexibility index (Phi) is 7.58. The van der Waals surface area contributed by atoms with E-state index >= 15 is 0 Å². The van der Waals surface area contributed by atoms with Crippen LogP contribution in [0.1, 0.15) is 0 Å². The molecule has 0 amide bonds. The molecule has 0 radical (unpaired) electrons. The van der Waals surface area contributed by atoms with Crippen molar-refractivity contribution in [3.05, 3.63) is 218 Å². The van der Waals surface area contributed by atoms with Crippen LogP contribution in [-0.4, -0.2) is 0 Å². The summed E-state index contributed by atoms with van der Waals surface area (Å²) in [6.07, 6.45) is 0. The molecule has 0 aliphatic carbocycles. The Labute approximate surface area is 357 Å². The molecule has 61 heavy (non-hydrogen) atoms. The molecule has 282 valence electrons. The molecule has 1 heterocycles. The molecule has 0 unspecified atom stereocenters. The summed E-state index contributed by atoms with van der Waals surface area (Å²) in [5.74, 6) is 0. The minimum absolute atomic E-state index is 1.21. The zero-order chi connectivity index (χ0) is 40.0. The maximum atomic E-state index is 2.43. The van der Waals surface area contributed by atoms with Crippen LogP contribution < -0.4 is 0 Å². The van der Waals surface area contributed by atoms with Crippen LogP contribution in [0.2, 0.25) is 0 Å². The smallest absolute Gasteiger partial charge is 0.0433 e. The minimum Gasteiger partial charge on any atom is -0.135 e. The fraction of sp³-hybridized carbons (Fsp3) is 0. The summed E-state index contributed by atoms with van der Waals surface area (Å²) < 4.78 is 2.68. The molecule has 1 heteroatoms. The van der Waals surface area contributed by atoms with E-state index in [1.165, 1.54) is 129 Å². The van der Waals surface area contributed by atoms with Gasteiger partial charge >= 0.3 is 0 Å². The number of fused-ring (bicyclic) bond motifs is 13. The fourth-order valence-electron chi connectivity index (χ4n) is 10.3. The standard InChI is InChI=1S/C60H36S/c1-2-16-44-37(13-1)29-34-55-50-33-31-41(36-57(50)61-60(44)55)59-53-23-11-9-21-51(53)58(52-22-10-12-24-54(52)59)39-27-25-38(26-28-39)42-14-3-4-15-43(42)40-30-32-49-47-19-6-5-17-45(47)46-18-7-8-20-48(46)56(49)35-40/h1-36H. The van der Waals surface area contributed by atoms with Crippen LogP contribution in [0.3, 0.4) is 0 Å². The van der Waals surface area contributed by atoms with E-state index in [4.69, 9.17) is 0 Å². The second kappa shape index (κ2) is 13.5. The minimum atomic E-state index is 1.21. The van der Waals surface area contributed by atoms with Crippen molar-refractivity contribution in [3.63, 3.8) is 0 Å². The molecule has 0 saturated heterocycles. The number of hydrogen-bond donors (Lipinski definition) is 0. The highest BCUT2D eigenvalue weighted by Crippen LogP contribution is 2.47. The van der Waals surface area contributed by atoms with Crippen molar-refractivity contribution < 1.29 is 0 Å². The van der Waals surface area contributed by atoms with Crippen molar-refractivity contribution >= 4 is 96.1 Å². The first-order chi connectivity index (χ1) is 30.3. The molecule has 1 aromatic heterocycles. The van der Waals surface area contributed by atoms with Crippen LogP contribution in [0.15, 0.2) is 218 Å². The zero-order valence-electron chi connectivity index (χ0n) is 33.2.